The van der Waals surface area contributed by atoms with Crippen molar-refractivity contribution >= 4 is 22.3 Å². The summed E-state index contributed by atoms with van der Waals surface area (Å²) in [6.07, 6.45) is 1.74. The first-order chi connectivity index (χ1) is 10.2. The van der Waals surface area contributed by atoms with Gasteiger partial charge in [0.1, 0.15) is 11.6 Å². The lowest BCUT2D eigenvalue weighted by Gasteiger charge is -2.22. The van der Waals surface area contributed by atoms with Crippen LogP contribution in [0.4, 0.5) is 0 Å². The molecule has 1 unspecified atom stereocenters. The molecule has 1 aliphatic rings. The zero-order valence-electron chi connectivity index (χ0n) is 11.7. The van der Waals surface area contributed by atoms with E-state index in [4.69, 9.17) is 4.74 Å². The molecule has 7 nitrogen and oxygen atoms in total. The second kappa shape index (κ2) is 5.90. The second-order valence-electron chi connectivity index (χ2n) is 4.90. The van der Waals surface area contributed by atoms with Gasteiger partial charge in [-0.25, -0.2) is 4.98 Å². The average molecular weight is 308 g/mol. The van der Waals surface area contributed by atoms with Gasteiger partial charge in [0.2, 0.25) is 4.96 Å². The van der Waals surface area contributed by atoms with Crippen LogP contribution in [0.2, 0.25) is 0 Å². The fourth-order valence-corrected chi connectivity index (χ4v) is 3.25. The molecule has 0 bridgehead atoms. The third-order valence-corrected chi connectivity index (χ3v) is 4.20. The third-order valence-electron chi connectivity index (χ3n) is 3.53. The van der Waals surface area contributed by atoms with Crippen LogP contribution in [0, 0.1) is 0 Å². The Morgan fingerprint density at radius 2 is 2.43 bits per heavy atom. The minimum absolute atomic E-state index is 0.189. The number of aromatic nitrogens is 3. The molecule has 3 rings (SSSR count). The molecule has 0 aliphatic carbocycles. The van der Waals surface area contributed by atoms with Gasteiger partial charge in [-0.1, -0.05) is 11.3 Å². The van der Waals surface area contributed by atoms with Crippen molar-refractivity contribution in [2.24, 2.45) is 0 Å². The molecule has 0 spiro atoms. The number of ether oxygens (including phenoxy) is 1. The number of hydrogen-bond acceptors (Lipinski definition) is 7. The fourth-order valence-electron chi connectivity index (χ4n) is 2.61. The van der Waals surface area contributed by atoms with Gasteiger partial charge >= 0.3 is 5.97 Å². The molecule has 3 heterocycles. The van der Waals surface area contributed by atoms with Crippen LogP contribution < -0.4 is 5.56 Å². The molecule has 112 valence electrons. The molecule has 1 saturated heterocycles. The largest absolute Gasteiger partial charge is 0.465 e. The molecule has 21 heavy (non-hydrogen) atoms. The quantitative estimate of drug-likeness (QED) is 0.773. The SMILES string of the molecule is CCOC(=O)C1CCCN1Cc1cc(=O)n2ncsc2n1. The molecule has 0 aromatic carbocycles. The van der Waals surface area contributed by atoms with Gasteiger partial charge in [0, 0.05) is 12.6 Å². The first-order valence-electron chi connectivity index (χ1n) is 6.92. The summed E-state index contributed by atoms with van der Waals surface area (Å²) in [7, 11) is 0. The summed E-state index contributed by atoms with van der Waals surface area (Å²) in [4.78, 5) is 30.9. The van der Waals surface area contributed by atoms with E-state index in [0.717, 1.165) is 19.4 Å². The number of likely N-dealkylation sites (tertiary alicyclic amines) is 1. The molecule has 1 fully saturated rings. The van der Waals surface area contributed by atoms with Crippen molar-refractivity contribution in [3.05, 3.63) is 27.6 Å². The smallest absolute Gasteiger partial charge is 0.323 e. The van der Waals surface area contributed by atoms with Gasteiger partial charge in [-0.2, -0.15) is 9.61 Å². The summed E-state index contributed by atoms with van der Waals surface area (Å²) >= 11 is 1.32. The van der Waals surface area contributed by atoms with Gasteiger partial charge in [0.15, 0.2) is 0 Å². The fraction of sp³-hybridized carbons (Fsp3) is 0.538. The van der Waals surface area contributed by atoms with Crippen LogP contribution in [0.15, 0.2) is 16.4 Å². The summed E-state index contributed by atoms with van der Waals surface area (Å²) in [5.41, 5.74) is 2.06. The normalized spacial score (nSPS) is 19.2. The van der Waals surface area contributed by atoms with Gasteiger partial charge in [-0.15, -0.1) is 0 Å². The topological polar surface area (TPSA) is 76.8 Å². The Balaban J connectivity index is 1.80. The minimum atomic E-state index is -0.230. The highest BCUT2D eigenvalue weighted by atomic mass is 32.1. The maximum Gasteiger partial charge on any atom is 0.323 e. The Morgan fingerprint density at radius 1 is 1.57 bits per heavy atom. The monoisotopic (exact) mass is 308 g/mol. The molecular weight excluding hydrogens is 292 g/mol. The Hall–Kier alpha value is -1.80. The van der Waals surface area contributed by atoms with Crippen LogP contribution in [0.3, 0.4) is 0 Å². The van der Waals surface area contributed by atoms with E-state index >= 15 is 0 Å². The van der Waals surface area contributed by atoms with Crippen molar-refractivity contribution < 1.29 is 9.53 Å². The molecule has 2 aromatic rings. The van der Waals surface area contributed by atoms with Gasteiger partial charge in [-0.3, -0.25) is 14.5 Å². The van der Waals surface area contributed by atoms with Crippen LogP contribution >= 0.6 is 11.3 Å². The Labute approximate surface area is 125 Å². The van der Waals surface area contributed by atoms with E-state index in [0.29, 0.717) is 23.8 Å². The molecule has 1 aliphatic heterocycles. The highest BCUT2D eigenvalue weighted by Gasteiger charge is 2.32. The van der Waals surface area contributed by atoms with E-state index in [2.05, 4.69) is 10.1 Å². The zero-order valence-corrected chi connectivity index (χ0v) is 12.5. The predicted octanol–water partition coefficient (Wildman–Crippen LogP) is 0.679. The van der Waals surface area contributed by atoms with Crippen molar-refractivity contribution in [3.63, 3.8) is 0 Å². The zero-order chi connectivity index (χ0) is 14.8. The summed E-state index contributed by atoms with van der Waals surface area (Å²) in [6, 6.07) is 1.25. The van der Waals surface area contributed by atoms with Crippen LogP contribution in [-0.2, 0) is 16.1 Å². The number of carbonyl (C=O) groups excluding carboxylic acids is 1. The highest BCUT2D eigenvalue weighted by Crippen LogP contribution is 2.20. The summed E-state index contributed by atoms with van der Waals surface area (Å²) in [5.74, 6) is -0.189. The van der Waals surface area contributed by atoms with Crippen molar-refractivity contribution in [1.29, 1.82) is 0 Å². The number of rotatable bonds is 4. The van der Waals surface area contributed by atoms with Crippen molar-refractivity contribution in [2.45, 2.75) is 32.4 Å². The molecule has 8 heteroatoms. The Kier molecular flexibility index (Phi) is 3.98. The van der Waals surface area contributed by atoms with Crippen LogP contribution in [0.25, 0.3) is 4.96 Å². The number of fused-ring (bicyclic) bond motifs is 1. The average Bonchev–Trinajstić information content (AvgIpc) is 3.08. The minimum Gasteiger partial charge on any atom is -0.465 e. The van der Waals surface area contributed by atoms with E-state index in [-0.39, 0.29) is 17.6 Å². The number of carbonyl (C=O) groups is 1. The van der Waals surface area contributed by atoms with E-state index in [9.17, 15) is 9.59 Å². The number of nitrogens with zero attached hydrogens (tertiary/aromatic N) is 4. The lowest BCUT2D eigenvalue weighted by Crippen LogP contribution is -2.37. The Morgan fingerprint density at radius 3 is 3.24 bits per heavy atom. The van der Waals surface area contributed by atoms with Crippen LogP contribution in [0.5, 0.6) is 0 Å². The number of hydrogen-bond donors (Lipinski definition) is 0. The van der Waals surface area contributed by atoms with Crippen molar-refractivity contribution in [3.8, 4) is 0 Å². The van der Waals surface area contributed by atoms with E-state index < -0.39 is 0 Å². The van der Waals surface area contributed by atoms with Gasteiger partial charge in [0.25, 0.3) is 5.56 Å². The maximum atomic E-state index is 11.9. The van der Waals surface area contributed by atoms with E-state index in [1.54, 1.807) is 12.4 Å². The van der Waals surface area contributed by atoms with E-state index in [1.807, 2.05) is 4.90 Å². The third kappa shape index (κ3) is 2.81. The lowest BCUT2D eigenvalue weighted by atomic mass is 10.2. The van der Waals surface area contributed by atoms with Gasteiger partial charge in [0.05, 0.1) is 12.3 Å². The van der Waals surface area contributed by atoms with Gasteiger partial charge < -0.3 is 4.74 Å². The standard InChI is InChI=1S/C13H16N4O3S/c1-2-20-12(19)10-4-3-5-16(10)7-9-6-11(18)17-13(15-9)21-8-14-17/h6,8,10H,2-5,7H2,1H3. The van der Waals surface area contributed by atoms with Gasteiger partial charge in [-0.05, 0) is 26.3 Å². The summed E-state index contributed by atoms with van der Waals surface area (Å²) in [5, 5.41) is 3.93. The molecule has 0 N–H and O–H groups in total. The molecule has 2 aromatic heterocycles. The highest BCUT2D eigenvalue weighted by molar-refractivity contribution is 7.14. The Bertz CT molecular complexity index is 711. The second-order valence-corrected chi connectivity index (χ2v) is 5.71. The lowest BCUT2D eigenvalue weighted by molar-refractivity contribution is -0.148. The van der Waals surface area contributed by atoms with Crippen molar-refractivity contribution in [2.75, 3.05) is 13.2 Å². The van der Waals surface area contributed by atoms with Crippen molar-refractivity contribution in [1.82, 2.24) is 19.5 Å². The first-order valence-corrected chi connectivity index (χ1v) is 7.80. The summed E-state index contributed by atoms with van der Waals surface area (Å²) in [6.45, 7) is 3.48. The predicted molar refractivity (Wildman–Crippen MR) is 77.2 cm³/mol. The molecule has 1 atom stereocenters. The molecule has 0 radical (unpaired) electrons. The van der Waals surface area contributed by atoms with Crippen LogP contribution in [-0.4, -0.2) is 44.7 Å². The summed E-state index contributed by atoms with van der Waals surface area (Å²) < 4.78 is 6.38. The molecular formula is C13H16N4O3S. The van der Waals surface area contributed by atoms with E-state index in [1.165, 1.54) is 21.9 Å². The van der Waals surface area contributed by atoms with Crippen LogP contribution in [0.1, 0.15) is 25.5 Å². The first kappa shape index (κ1) is 14.2. The molecule has 0 saturated carbocycles. The maximum absolute atomic E-state index is 11.9. The number of esters is 1. The molecule has 0 amide bonds.